The van der Waals surface area contributed by atoms with E-state index in [-0.39, 0.29) is 0 Å². The fourth-order valence-electron chi connectivity index (χ4n) is 2.34. The van der Waals surface area contributed by atoms with E-state index in [0.717, 1.165) is 19.6 Å². The second-order valence-electron chi connectivity index (χ2n) is 5.37. The number of nitrogens with zero attached hydrogens (tertiary/aromatic N) is 2. The Morgan fingerprint density at radius 3 is 2.47 bits per heavy atom. The summed E-state index contributed by atoms with van der Waals surface area (Å²) in [7, 11) is 0. The monoisotopic (exact) mass is 263 g/mol. The first kappa shape index (κ1) is 16.1. The summed E-state index contributed by atoms with van der Waals surface area (Å²) in [6, 6.07) is 5.37. The van der Waals surface area contributed by atoms with E-state index in [0.29, 0.717) is 12.1 Å². The fraction of sp³-hybridized carbons (Fsp3) is 0.688. The van der Waals surface area contributed by atoms with Crippen LogP contribution in [-0.2, 0) is 6.54 Å². The van der Waals surface area contributed by atoms with Crippen LogP contribution >= 0.6 is 0 Å². The molecule has 1 rings (SSSR count). The zero-order valence-electron chi connectivity index (χ0n) is 12.9. The quantitative estimate of drug-likeness (QED) is 0.742. The van der Waals surface area contributed by atoms with Crippen LogP contribution in [0.3, 0.4) is 0 Å². The van der Waals surface area contributed by atoms with E-state index in [4.69, 9.17) is 0 Å². The SMILES string of the molecule is CCCC(C)NCC(C)N(CC)Cc1ccncc1. The third kappa shape index (κ3) is 6.17. The highest BCUT2D eigenvalue weighted by Crippen LogP contribution is 2.07. The van der Waals surface area contributed by atoms with E-state index in [1.807, 2.05) is 12.4 Å². The Balaban J connectivity index is 2.41. The molecule has 0 radical (unpaired) electrons. The Labute approximate surface area is 118 Å². The molecule has 0 amide bonds. The Morgan fingerprint density at radius 1 is 1.21 bits per heavy atom. The van der Waals surface area contributed by atoms with Crippen LogP contribution in [0.5, 0.6) is 0 Å². The molecule has 2 unspecified atom stereocenters. The van der Waals surface area contributed by atoms with Gasteiger partial charge in [-0.25, -0.2) is 0 Å². The predicted molar refractivity (Wildman–Crippen MR) is 82.2 cm³/mol. The van der Waals surface area contributed by atoms with E-state index in [9.17, 15) is 0 Å². The van der Waals surface area contributed by atoms with Crippen LogP contribution in [0.4, 0.5) is 0 Å². The second kappa shape index (κ2) is 9.05. The topological polar surface area (TPSA) is 28.2 Å². The number of likely N-dealkylation sites (N-methyl/N-ethyl adjacent to an activating group) is 1. The third-order valence-corrected chi connectivity index (χ3v) is 3.65. The van der Waals surface area contributed by atoms with Crippen molar-refractivity contribution in [3.8, 4) is 0 Å². The second-order valence-corrected chi connectivity index (χ2v) is 5.37. The molecule has 1 aromatic rings. The minimum Gasteiger partial charge on any atom is -0.313 e. The molecule has 0 spiro atoms. The molecule has 3 heteroatoms. The van der Waals surface area contributed by atoms with Crippen molar-refractivity contribution in [2.24, 2.45) is 0 Å². The van der Waals surface area contributed by atoms with Crippen molar-refractivity contribution in [1.82, 2.24) is 15.2 Å². The van der Waals surface area contributed by atoms with Gasteiger partial charge in [-0.05, 0) is 44.5 Å². The highest BCUT2D eigenvalue weighted by molar-refractivity contribution is 5.09. The highest BCUT2D eigenvalue weighted by atomic mass is 15.2. The minimum absolute atomic E-state index is 0.553. The molecular weight excluding hydrogens is 234 g/mol. The molecule has 1 aromatic heterocycles. The molecule has 3 nitrogen and oxygen atoms in total. The fourth-order valence-corrected chi connectivity index (χ4v) is 2.34. The molecule has 0 saturated heterocycles. The van der Waals surface area contributed by atoms with Crippen LogP contribution in [0.15, 0.2) is 24.5 Å². The predicted octanol–water partition coefficient (Wildman–Crippen LogP) is 3.07. The first-order valence-electron chi connectivity index (χ1n) is 7.53. The number of hydrogen-bond donors (Lipinski definition) is 1. The van der Waals surface area contributed by atoms with Gasteiger partial charge in [0.1, 0.15) is 0 Å². The molecule has 0 saturated carbocycles. The number of pyridine rings is 1. The summed E-state index contributed by atoms with van der Waals surface area (Å²) in [6.45, 7) is 12.2. The normalized spacial score (nSPS) is 14.6. The molecule has 1 heterocycles. The summed E-state index contributed by atoms with van der Waals surface area (Å²) in [5.41, 5.74) is 1.34. The number of rotatable bonds is 9. The molecule has 0 aliphatic heterocycles. The maximum atomic E-state index is 4.07. The van der Waals surface area contributed by atoms with Gasteiger partial charge in [0.2, 0.25) is 0 Å². The van der Waals surface area contributed by atoms with Gasteiger partial charge in [-0.2, -0.15) is 0 Å². The zero-order valence-corrected chi connectivity index (χ0v) is 12.9. The summed E-state index contributed by atoms with van der Waals surface area (Å²) in [5, 5.41) is 3.63. The van der Waals surface area contributed by atoms with Crippen molar-refractivity contribution in [2.45, 2.75) is 59.2 Å². The molecule has 108 valence electrons. The Morgan fingerprint density at radius 2 is 1.89 bits per heavy atom. The first-order valence-corrected chi connectivity index (χ1v) is 7.53. The summed E-state index contributed by atoms with van der Waals surface area (Å²) in [6.07, 6.45) is 6.24. The van der Waals surface area contributed by atoms with Crippen LogP contribution in [0, 0.1) is 0 Å². The van der Waals surface area contributed by atoms with Gasteiger partial charge in [-0.1, -0.05) is 20.3 Å². The lowest BCUT2D eigenvalue weighted by atomic mass is 10.1. The zero-order chi connectivity index (χ0) is 14.1. The Hall–Kier alpha value is -0.930. The molecule has 2 atom stereocenters. The molecule has 0 bridgehead atoms. The van der Waals surface area contributed by atoms with Gasteiger partial charge in [0.25, 0.3) is 0 Å². The molecule has 1 N–H and O–H groups in total. The average Bonchev–Trinajstić information content (AvgIpc) is 2.43. The average molecular weight is 263 g/mol. The van der Waals surface area contributed by atoms with Crippen molar-refractivity contribution >= 4 is 0 Å². The van der Waals surface area contributed by atoms with Crippen LogP contribution in [0.2, 0.25) is 0 Å². The minimum atomic E-state index is 0.553. The third-order valence-electron chi connectivity index (χ3n) is 3.65. The number of aromatic nitrogens is 1. The summed E-state index contributed by atoms with van der Waals surface area (Å²) in [5.74, 6) is 0. The van der Waals surface area contributed by atoms with Crippen molar-refractivity contribution in [1.29, 1.82) is 0 Å². The highest BCUT2D eigenvalue weighted by Gasteiger charge is 2.13. The van der Waals surface area contributed by atoms with Crippen LogP contribution in [0.1, 0.15) is 46.1 Å². The standard InChI is InChI=1S/C16H29N3/c1-5-7-14(3)18-12-15(4)19(6-2)13-16-8-10-17-11-9-16/h8-11,14-15,18H,5-7,12-13H2,1-4H3. The van der Waals surface area contributed by atoms with Gasteiger partial charge in [0.15, 0.2) is 0 Å². The Bertz CT molecular complexity index is 326. The van der Waals surface area contributed by atoms with Crippen molar-refractivity contribution < 1.29 is 0 Å². The lowest BCUT2D eigenvalue weighted by molar-refractivity contribution is 0.202. The lowest BCUT2D eigenvalue weighted by Crippen LogP contribution is -2.42. The van der Waals surface area contributed by atoms with Crippen molar-refractivity contribution in [3.05, 3.63) is 30.1 Å². The van der Waals surface area contributed by atoms with Crippen LogP contribution < -0.4 is 5.32 Å². The van der Waals surface area contributed by atoms with Crippen LogP contribution in [-0.4, -0.2) is 35.1 Å². The van der Waals surface area contributed by atoms with E-state index < -0.39 is 0 Å². The number of hydrogen-bond acceptors (Lipinski definition) is 3. The van der Waals surface area contributed by atoms with Gasteiger partial charge < -0.3 is 5.32 Å². The van der Waals surface area contributed by atoms with E-state index in [2.05, 4.69) is 55.0 Å². The molecule has 0 fully saturated rings. The molecule has 19 heavy (non-hydrogen) atoms. The molecule has 0 aliphatic carbocycles. The van der Waals surface area contributed by atoms with Gasteiger partial charge >= 0.3 is 0 Å². The van der Waals surface area contributed by atoms with Gasteiger partial charge in [0.05, 0.1) is 0 Å². The molecule has 0 aromatic carbocycles. The van der Waals surface area contributed by atoms with Gasteiger partial charge in [0, 0.05) is 37.6 Å². The summed E-state index contributed by atoms with van der Waals surface area (Å²) in [4.78, 5) is 6.57. The number of nitrogens with one attached hydrogen (secondary N) is 1. The summed E-state index contributed by atoms with van der Waals surface area (Å²) < 4.78 is 0. The maximum absolute atomic E-state index is 4.07. The lowest BCUT2D eigenvalue weighted by Gasteiger charge is -2.29. The molecule has 0 aliphatic rings. The van der Waals surface area contributed by atoms with Crippen molar-refractivity contribution in [3.63, 3.8) is 0 Å². The first-order chi connectivity index (χ1) is 9.17. The Kier molecular flexibility index (Phi) is 7.68. The van der Waals surface area contributed by atoms with Gasteiger partial charge in [-0.15, -0.1) is 0 Å². The van der Waals surface area contributed by atoms with E-state index in [1.54, 1.807) is 0 Å². The van der Waals surface area contributed by atoms with Gasteiger partial charge in [-0.3, -0.25) is 9.88 Å². The van der Waals surface area contributed by atoms with E-state index >= 15 is 0 Å². The molecular formula is C16H29N3. The van der Waals surface area contributed by atoms with Crippen LogP contribution in [0.25, 0.3) is 0 Å². The maximum Gasteiger partial charge on any atom is 0.0271 e. The summed E-state index contributed by atoms with van der Waals surface area (Å²) >= 11 is 0. The smallest absolute Gasteiger partial charge is 0.0271 e. The van der Waals surface area contributed by atoms with E-state index in [1.165, 1.54) is 18.4 Å². The van der Waals surface area contributed by atoms with Crippen molar-refractivity contribution in [2.75, 3.05) is 13.1 Å². The largest absolute Gasteiger partial charge is 0.313 e.